The van der Waals surface area contributed by atoms with Crippen LogP contribution in [0.15, 0.2) is 60.7 Å². The lowest BCUT2D eigenvalue weighted by atomic mass is 9.83. The highest BCUT2D eigenvalue weighted by Crippen LogP contribution is 2.48. The molecule has 4 aliphatic heterocycles. The first-order chi connectivity index (χ1) is 35.0. The van der Waals surface area contributed by atoms with Crippen LogP contribution >= 0.6 is 23.5 Å². The number of amides is 6. The van der Waals surface area contributed by atoms with Crippen molar-refractivity contribution in [1.82, 2.24) is 36.4 Å². The van der Waals surface area contributed by atoms with Crippen LogP contribution < -0.4 is 32.3 Å². The highest BCUT2D eigenvalue weighted by molar-refractivity contribution is 8.00. The van der Waals surface area contributed by atoms with Crippen molar-refractivity contribution in [3.8, 4) is 0 Å². The highest BCUT2D eigenvalue weighted by Gasteiger charge is 2.55. The predicted molar refractivity (Wildman–Crippen MR) is 289 cm³/mol. The van der Waals surface area contributed by atoms with Crippen LogP contribution in [0.4, 0.5) is 0 Å². The number of carbonyl (C=O) groups excluding carboxylic acids is 6. The summed E-state index contributed by atoms with van der Waals surface area (Å²) in [4.78, 5) is 84.4. The zero-order valence-electron chi connectivity index (χ0n) is 44.2. The van der Waals surface area contributed by atoms with Crippen molar-refractivity contribution in [1.29, 1.82) is 0 Å². The van der Waals surface area contributed by atoms with Gasteiger partial charge in [-0.15, -0.1) is 23.5 Å². The van der Waals surface area contributed by atoms with Gasteiger partial charge in [-0.3, -0.25) is 28.8 Å². The number of nitrogens with two attached hydrogens (primary N) is 1. The predicted octanol–water partition coefficient (Wildman–Crippen LogP) is 5.82. The zero-order valence-corrected chi connectivity index (χ0v) is 45.8. The number of nitrogens with one attached hydrogen (secondary N) is 5. The number of benzene rings is 2. The van der Waals surface area contributed by atoms with Gasteiger partial charge in [0.15, 0.2) is 0 Å². The normalized spacial score (nSPS) is 24.6. The van der Waals surface area contributed by atoms with Gasteiger partial charge in [0.05, 0.1) is 48.6 Å². The summed E-state index contributed by atoms with van der Waals surface area (Å²) in [6, 6.07) is 16.5. The Morgan fingerprint density at radius 1 is 0.712 bits per heavy atom. The molecule has 7 N–H and O–H groups in total. The number of hydrogen-bond acceptors (Lipinski definition) is 12. The molecule has 4 heterocycles. The third-order valence-corrected chi connectivity index (χ3v) is 17.7. The molecule has 0 bridgehead atoms. The number of unbranched alkanes of at least 4 members (excludes halogenated alkanes) is 7. The van der Waals surface area contributed by atoms with Gasteiger partial charge in [-0.25, -0.2) is 0 Å². The topological polar surface area (TPSA) is 214 Å². The van der Waals surface area contributed by atoms with Crippen molar-refractivity contribution in [2.75, 3.05) is 58.6 Å². The number of nitrogens with zero attached hydrogens (tertiary/aromatic N) is 2. The van der Waals surface area contributed by atoms with Gasteiger partial charge in [-0.05, 0) is 92.0 Å². The SMILES string of the molecule is CNCC(=O)N[C@H]1CCS[C@H]2CC(C)(C)[C@@H](C(=O)N[C@H](COCCCCCCCCCCOC[C@@H](NC(=O)[C@H]3N4C(=O)CC(C[C@H](NC)C(N)=O)CS[C@H]4CC3(C)C)c3ccccc3)c3ccccc3)N2C1=O. The number of carbonyl (C=O) groups is 6. The van der Waals surface area contributed by atoms with E-state index in [0.717, 1.165) is 74.0 Å². The molecule has 1 unspecified atom stereocenters. The van der Waals surface area contributed by atoms with Crippen molar-refractivity contribution in [3.63, 3.8) is 0 Å². The molecular weight excluding hydrogens is 965 g/mol. The smallest absolute Gasteiger partial charge is 0.246 e. The van der Waals surface area contributed by atoms with Gasteiger partial charge in [0.25, 0.3) is 0 Å². The van der Waals surface area contributed by atoms with Crippen LogP contribution in [0.5, 0.6) is 0 Å². The van der Waals surface area contributed by atoms with E-state index in [9.17, 15) is 28.8 Å². The molecule has 2 aromatic carbocycles. The average molecular weight is 1050 g/mol. The van der Waals surface area contributed by atoms with Crippen molar-refractivity contribution >= 4 is 59.0 Å². The van der Waals surface area contributed by atoms with Crippen LogP contribution in [0.2, 0.25) is 0 Å². The maximum absolute atomic E-state index is 14.3. The Morgan fingerprint density at radius 2 is 1.21 bits per heavy atom. The lowest BCUT2D eigenvalue weighted by molar-refractivity contribution is -0.144. The van der Waals surface area contributed by atoms with E-state index in [2.05, 4.69) is 40.4 Å². The van der Waals surface area contributed by atoms with Crippen LogP contribution in [0, 0.1) is 16.7 Å². The lowest BCUT2D eigenvalue weighted by Crippen LogP contribution is -2.57. The summed E-state index contributed by atoms with van der Waals surface area (Å²) in [5.74, 6) is 0.109. The fraction of sp³-hybridized carbons (Fsp3) is 0.673. The van der Waals surface area contributed by atoms with Crippen LogP contribution in [0.3, 0.4) is 0 Å². The Hall–Kier alpha value is -4.20. The minimum atomic E-state index is -0.687. The quantitative estimate of drug-likeness (QED) is 0.0557. The largest absolute Gasteiger partial charge is 0.379 e. The Labute approximate surface area is 442 Å². The Bertz CT molecular complexity index is 2120. The molecule has 0 saturated carbocycles. The second kappa shape index (κ2) is 28.1. The van der Waals surface area contributed by atoms with Crippen LogP contribution in [-0.4, -0.2) is 139 Å². The maximum Gasteiger partial charge on any atom is 0.246 e. The second-order valence-electron chi connectivity index (χ2n) is 21.8. The molecule has 16 nitrogen and oxygen atoms in total. The van der Waals surface area contributed by atoms with Crippen LogP contribution in [0.1, 0.15) is 134 Å². The first-order valence-electron chi connectivity index (χ1n) is 26.7. The standard InChI is InChI=1S/C55H84N8O8S2/c1-54(2)31-46-62(45(65)30-37(36-73-46)29-41(58-6)50(56)66)48(54)51(67)60-42(38-21-15-13-16-22-38)34-70-26-19-11-9-7-8-10-12-20-27-71-35-43(39-23-17-14-18-24-39)61-52(68)49-55(3,4)32-47-63(49)53(69)40(25-28-72-47)59-44(64)33-57-5/h13-18,21-24,37,40-43,46-49,57-58H,7-12,19-20,25-36H2,1-6H3,(H2,56,66)(H,59,64)(H,60,67)(H,61,68)/t37?,40-,41-,42+,43+,46-,47-,48+,49+/m0/s1. The van der Waals surface area contributed by atoms with Gasteiger partial charge < -0.3 is 51.6 Å². The Morgan fingerprint density at radius 3 is 1.70 bits per heavy atom. The summed E-state index contributed by atoms with van der Waals surface area (Å²) in [5.41, 5.74) is 6.60. The van der Waals surface area contributed by atoms with E-state index in [4.69, 9.17) is 15.2 Å². The monoisotopic (exact) mass is 1050 g/mol. The van der Waals surface area contributed by atoms with Crippen molar-refractivity contribution in [2.24, 2.45) is 22.5 Å². The molecule has 4 saturated heterocycles. The fourth-order valence-corrected chi connectivity index (χ4v) is 14.4. The highest BCUT2D eigenvalue weighted by atomic mass is 32.2. The van der Waals surface area contributed by atoms with Gasteiger partial charge >= 0.3 is 0 Å². The molecule has 6 amide bonds. The van der Waals surface area contributed by atoms with E-state index < -0.39 is 40.9 Å². The molecule has 73 heavy (non-hydrogen) atoms. The summed E-state index contributed by atoms with van der Waals surface area (Å²) in [5, 5.41) is 15.0. The molecular formula is C55H84N8O8S2. The minimum Gasteiger partial charge on any atom is -0.379 e. The summed E-state index contributed by atoms with van der Waals surface area (Å²) in [6.45, 7) is 10.2. The second-order valence-corrected chi connectivity index (χ2v) is 24.3. The van der Waals surface area contributed by atoms with Crippen molar-refractivity contribution < 1.29 is 38.2 Å². The van der Waals surface area contributed by atoms with Crippen molar-refractivity contribution in [2.45, 2.75) is 158 Å². The van der Waals surface area contributed by atoms with Crippen LogP contribution in [0.25, 0.3) is 0 Å². The van der Waals surface area contributed by atoms with E-state index in [-0.39, 0.29) is 71.3 Å². The molecule has 6 rings (SSSR count). The molecule has 0 aliphatic carbocycles. The zero-order chi connectivity index (χ0) is 52.5. The van der Waals surface area contributed by atoms with E-state index in [1.54, 1.807) is 47.4 Å². The number of rotatable bonds is 28. The molecule has 4 aliphatic rings. The van der Waals surface area contributed by atoms with Gasteiger partial charge in [-0.1, -0.05) is 127 Å². The van der Waals surface area contributed by atoms with Gasteiger partial charge in [0, 0.05) is 19.6 Å². The Kier molecular flexibility index (Phi) is 22.3. The first-order valence-corrected chi connectivity index (χ1v) is 28.8. The number of primary amides is 1. The van der Waals surface area contributed by atoms with Crippen LogP contribution in [-0.2, 0) is 38.2 Å². The fourth-order valence-electron chi connectivity index (χ4n) is 11.1. The molecule has 2 aromatic rings. The first kappa shape index (κ1) is 58.1. The summed E-state index contributed by atoms with van der Waals surface area (Å²) < 4.78 is 12.4. The molecule has 9 atom stereocenters. The summed E-state index contributed by atoms with van der Waals surface area (Å²) in [6.07, 6.45) is 11.1. The third-order valence-electron chi connectivity index (χ3n) is 15.0. The summed E-state index contributed by atoms with van der Waals surface area (Å²) >= 11 is 3.38. The van der Waals surface area contributed by atoms with E-state index in [1.807, 2.05) is 74.5 Å². The number of likely N-dealkylation sites (N-methyl/N-ethyl adjacent to an activating group) is 2. The van der Waals surface area contributed by atoms with Gasteiger partial charge in [-0.2, -0.15) is 0 Å². The molecule has 18 heteroatoms. The average Bonchev–Trinajstić information content (AvgIpc) is 3.68. The van der Waals surface area contributed by atoms with E-state index in [1.165, 1.54) is 0 Å². The third kappa shape index (κ3) is 16.2. The van der Waals surface area contributed by atoms with E-state index >= 15 is 0 Å². The number of hydrogen-bond donors (Lipinski definition) is 6. The lowest BCUT2D eigenvalue weighted by Gasteiger charge is -2.35. The molecule has 4 fully saturated rings. The minimum absolute atomic E-state index is 0.0203. The Balaban J connectivity index is 0.888. The number of ether oxygens (including phenoxy) is 2. The van der Waals surface area contributed by atoms with Gasteiger partial charge in [0.2, 0.25) is 35.4 Å². The number of thioether (sulfide) groups is 2. The molecule has 0 radical (unpaired) electrons. The van der Waals surface area contributed by atoms with Gasteiger partial charge in [0.1, 0.15) is 18.1 Å². The van der Waals surface area contributed by atoms with E-state index in [0.29, 0.717) is 52.1 Å². The molecule has 404 valence electrons. The van der Waals surface area contributed by atoms with Crippen molar-refractivity contribution in [3.05, 3.63) is 71.8 Å². The maximum atomic E-state index is 14.3. The molecule has 0 aromatic heterocycles. The molecule has 0 spiro atoms. The summed E-state index contributed by atoms with van der Waals surface area (Å²) in [7, 11) is 3.40. The number of fused-ring (bicyclic) bond motifs is 2.